The van der Waals surface area contributed by atoms with E-state index in [1.807, 2.05) is 24.8 Å². The van der Waals surface area contributed by atoms with Crippen molar-refractivity contribution < 1.29 is 4.79 Å². The highest BCUT2D eigenvalue weighted by molar-refractivity contribution is 5.81. The molecule has 118 valence electrons. The Bertz CT molecular complexity index is 454. The van der Waals surface area contributed by atoms with Crippen LogP contribution in [0.2, 0.25) is 0 Å². The van der Waals surface area contributed by atoms with Gasteiger partial charge in [-0.15, -0.1) is 0 Å². The maximum absolute atomic E-state index is 11.8. The fourth-order valence-corrected chi connectivity index (χ4v) is 1.98. The molecule has 0 saturated heterocycles. The first-order chi connectivity index (χ1) is 9.87. The molecule has 1 aromatic rings. The molecule has 1 heterocycles. The summed E-state index contributed by atoms with van der Waals surface area (Å²) >= 11 is 0. The van der Waals surface area contributed by atoms with Crippen molar-refractivity contribution in [3.63, 3.8) is 0 Å². The molecule has 1 rings (SSSR count). The third kappa shape index (κ3) is 6.12. The van der Waals surface area contributed by atoms with Gasteiger partial charge >= 0.3 is 0 Å². The standard InChI is InChI=1S/C16H28N4O/c1-6-17-14(21)12-20(7-2)15-13(9-8-10-18-15)11-19-16(3,4)5/h8-10,19H,6-7,11-12H2,1-5H3,(H,17,21). The van der Waals surface area contributed by atoms with Crippen LogP contribution in [0.4, 0.5) is 5.82 Å². The zero-order chi connectivity index (χ0) is 15.9. The van der Waals surface area contributed by atoms with Crippen LogP contribution in [-0.2, 0) is 11.3 Å². The number of nitrogens with one attached hydrogen (secondary N) is 2. The van der Waals surface area contributed by atoms with Crippen LogP contribution in [0.1, 0.15) is 40.2 Å². The number of aromatic nitrogens is 1. The molecule has 0 bridgehead atoms. The molecule has 5 heteroatoms. The van der Waals surface area contributed by atoms with Crippen molar-refractivity contribution in [1.82, 2.24) is 15.6 Å². The summed E-state index contributed by atoms with van der Waals surface area (Å²) in [6.45, 7) is 12.8. The zero-order valence-electron chi connectivity index (χ0n) is 13.9. The molecule has 0 atom stereocenters. The number of carbonyl (C=O) groups is 1. The number of pyridine rings is 1. The fourth-order valence-electron chi connectivity index (χ4n) is 1.98. The van der Waals surface area contributed by atoms with Gasteiger partial charge in [-0.3, -0.25) is 4.79 Å². The first-order valence-corrected chi connectivity index (χ1v) is 7.58. The molecule has 1 aromatic heterocycles. The van der Waals surface area contributed by atoms with Crippen LogP contribution in [0.3, 0.4) is 0 Å². The van der Waals surface area contributed by atoms with Gasteiger partial charge in [-0.25, -0.2) is 4.98 Å². The Hall–Kier alpha value is -1.62. The largest absolute Gasteiger partial charge is 0.355 e. The second-order valence-corrected chi connectivity index (χ2v) is 6.06. The van der Waals surface area contributed by atoms with Crippen molar-refractivity contribution in [3.05, 3.63) is 23.9 Å². The van der Waals surface area contributed by atoms with Gasteiger partial charge in [-0.2, -0.15) is 0 Å². The number of likely N-dealkylation sites (N-methyl/N-ethyl adjacent to an activating group) is 2. The summed E-state index contributed by atoms with van der Waals surface area (Å²) in [7, 11) is 0. The summed E-state index contributed by atoms with van der Waals surface area (Å²) in [6.07, 6.45) is 1.77. The molecule has 0 unspecified atom stereocenters. The van der Waals surface area contributed by atoms with Crippen LogP contribution in [0.15, 0.2) is 18.3 Å². The Kier molecular flexibility index (Phi) is 6.62. The number of nitrogens with zero attached hydrogens (tertiary/aromatic N) is 2. The van der Waals surface area contributed by atoms with E-state index in [0.717, 1.165) is 24.5 Å². The maximum Gasteiger partial charge on any atom is 0.239 e. The smallest absolute Gasteiger partial charge is 0.239 e. The normalized spacial score (nSPS) is 11.3. The predicted molar refractivity (Wildman–Crippen MR) is 87.4 cm³/mol. The van der Waals surface area contributed by atoms with Crippen molar-refractivity contribution in [3.8, 4) is 0 Å². The Morgan fingerprint density at radius 2 is 2.05 bits per heavy atom. The Morgan fingerprint density at radius 3 is 2.62 bits per heavy atom. The number of rotatable bonds is 7. The number of anilines is 1. The average Bonchev–Trinajstić information content (AvgIpc) is 2.42. The molecule has 1 amide bonds. The van der Waals surface area contributed by atoms with Gasteiger partial charge in [0.2, 0.25) is 5.91 Å². The van der Waals surface area contributed by atoms with E-state index in [4.69, 9.17) is 0 Å². The third-order valence-corrected chi connectivity index (χ3v) is 3.07. The quantitative estimate of drug-likeness (QED) is 0.806. The van der Waals surface area contributed by atoms with Gasteiger partial charge in [0.05, 0.1) is 6.54 Å². The summed E-state index contributed by atoms with van der Waals surface area (Å²) in [6, 6.07) is 3.99. The molecule has 0 radical (unpaired) electrons. The molecule has 2 N–H and O–H groups in total. The van der Waals surface area contributed by atoms with Crippen LogP contribution < -0.4 is 15.5 Å². The monoisotopic (exact) mass is 292 g/mol. The molecule has 0 aliphatic carbocycles. The van der Waals surface area contributed by atoms with Crippen molar-refractivity contribution in [2.45, 2.75) is 46.7 Å². The zero-order valence-corrected chi connectivity index (χ0v) is 13.9. The van der Waals surface area contributed by atoms with Gasteiger partial charge in [0.25, 0.3) is 0 Å². The van der Waals surface area contributed by atoms with E-state index in [2.05, 4.69) is 42.5 Å². The van der Waals surface area contributed by atoms with Gasteiger partial charge in [0.15, 0.2) is 0 Å². The highest BCUT2D eigenvalue weighted by atomic mass is 16.2. The van der Waals surface area contributed by atoms with E-state index in [9.17, 15) is 4.79 Å². The first kappa shape index (κ1) is 17.4. The second-order valence-electron chi connectivity index (χ2n) is 6.06. The lowest BCUT2D eigenvalue weighted by atomic mass is 10.1. The molecular weight excluding hydrogens is 264 g/mol. The highest BCUT2D eigenvalue weighted by Gasteiger charge is 2.16. The van der Waals surface area contributed by atoms with E-state index in [-0.39, 0.29) is 11.4 Å². The van der Waals surface area contributed by atoms with Crippen molar-refractivity contribution in [2.24, 2.45) is 0 Å². The van der Waals surface area contributed by atoms with E-state index in [1.54, 1.807) is 6.20 Å². The average molecular weight is 292 g/mol. The van der Waals surface area contributed by atoms with E-state index in [1.165, 1.54) is 0 Å². The SMILES string of the molecule is CCNC(=O)CN(CC)c1ncccc1CNC(C)(C)C. The summed E-state index contributed by atoms with van der Waals surface area (Å²) < 4.78 is 0. The summed E-state index contributed by atoms with van der Waals surface area (Å²) in [5, 5.41) is 6.30. The summed E-state index contributed by atoms with van der Waals surface area (Å²) in [4.78, 5) is 18.3. The maximum atomic E-state index is 11.8. The van der Waals surface area contributed by atoms with Crippen molar-refractivity contribution in [1.29, 1.82) is 0 Å². The highest BCUT2D eigenvalue weighted by Crippen LogP contribution is 2.17. The van der Waals surface area contributed by atoms with Crippen molar-refractivity contribution in [2.75, 3.05) is 24.5 Å². The van der Waals surface area contributed by atoms with Crippen LogP contribution in [0.25, 0.3) is 0 Å². The van der Waals surface area contributed by atoms with Gasteiger partial charge in [0.1, 0.15) is 5.82 Å². The van der Waals surface area contributed by atoms with Crippen LogP contribution in [-0.4, -0.2) is 36.1 Å². The molecule has 0 aromatic carbocycles. The molecule has 0 spiro atoms. The second kappa shape index (κ2) is 7.98. The lowest BCUT2D eigenvalue weighted by Crippen LogP contribution is -2.39. The number of carbonyl (C=O) groups excluding carboxylic acids is 1. The molecule has 0 fully saturated rings. The molecule has 0 aliphatic rings. The van der Waals surface area contributed by atoms with Gasteiger partial charge in [0, 0.05) is 36.9 Å². The van der Waals surface area contributed by atoms with Gasteiger partial charge in [-0.1, -0.05) is 6.07 Å². The number of hydrogen-bond donors (Lipinski definition) is 2. The summed E-state index contributed by atoms with van der Waals surface area (Å²) in [5.74, 6) is 0.905. The third-order valence-electron chi connectivity index (χ3n) is 3.07. The fraction of sp³-hybridized carbons (Fsp3) is 0.625. The van der Waals surface area contributed by atoms with Crippen LogP contribution in [0.5, 0.6) is 0 Å². The number of amides is 1. The van der Waals surface area contributed by atoms with Crippen LogP contribution >= 0.6 is 0 Å². The van der Waals surface area contributed by atoms with E-state index >= 15 is 0 Å². The topological polar surface area (TPSA) is 57.3 Å². The number of hydrogen-bond acceptors (Lipinski definition) is 4. The molecule has 0 saturated carbocycles. The lowest BCUT2D eigenvalue weighted by molar-refractivity contribution is -0.119. The molecule has 5 nitrogen and oxygen atoms in total. The molecule has 0 aliphatic heterocycles. The Labute approximate surface area is 128 Å². The first-order valence-electron chi connectivity index (χ1n) is 7.58. The predicted octanol–water partition coefficient (Wildman–Crippen LogP) is 1.93. The van der Waals surface area contributed by atoms with Crippen LogP contribution in [0, 0.1) is 0 Å². The minimum atomic E-state index is 0.0275. The summed E-state index contributed by atoms with van der Waals surface area (Å²) in [5.41, 5.74) is 1.16. The molecular formula is C16H28N4O. The minimum absolute atomic E-state index is 0.0275. The Balaban J connectivity index is 2.86. The Morgan fingerprint density at radius 1 is 1.33 bits per heavy atom. The van der Waals surface area contributed by atoms with Crippen molar-refractivity contribution >= 4 is 11.7 Å². The minimum Gasteiger partial charge on any atom is -0.355 e. The van der Waals surface area contributed by atoms with Gasteiger partial charge < -0.3 is 15.5 Å². The van der Waals surface area contributed by atoms with E-state index < -0.39 is 0 Å². The lowest BCUT2D eigenvalue weighted by Gasteiger charge is -2.26. The molecule has 21 heavy (non-hydrogen) atoms. The van der Waals surface area contributed by atoms with Gasteiger partial charge in [-0.05, 0) is 40.7 Å². The van der Waals surface area contributed by atoms with E-state index in [0.29, 0.717) is 13.1 Å².